The minimum Gasteiger partial charge on any atom is -0.376 e. The zero-order valence-corrected chi connectivity index (χ0v) is 11.1. The van der Waals surface area contributed by atoms with E-state index in [1.807, 2.05) is 31.1 Å². The van der Waals surface area contributed by atoms with Crippen molar-refractivity contribution in [2.75, 3.05) is 19.0 Å². The number of aliphatic imine (C=N–C) groups is 1. The largest absolute Gasteiger partial charge is 0.376 e. The van der Waals surface area contributed by atoms with E-state index in [0.717, 1.165) is 11.4 Å². The monoisotopic (exact) mass is 247 g/mol. The molecule has 1 saturated carbocycles. The van der Waals surface area contributed by atoms with Crippen LogP contribution >= 0.6 is 0 Å². The van der Waals surface area contributed by atoms with Gasteiger partial charge in [0.05, 0.1) is 17.9 Å². The van der Waals surface area contributed by atoms with Gasteiger partial charge in [-0.25, -0.2) is 4.99 Å². The Morgan fingerprint density at radius 1 is 1.56 bits per heavy atom. The molecule has 0 aromatic carbocycles. The molecule has 0 aliphatic heterocycles. The van der Waals surface area contributed by atoms with Crippen molar-refractivity contribution in [1.82, 2.24) is 10.3 Å². The van der Waals surface area contributed by atoms with Crippen LogP contribution in [0.2, 0.25) is 0 Å². The van der Waals surface area contributed by atoms with Crippen molar-refractivity contribution in [2.24, 2.45) is 10.7 Å². The molecular weight excluding hydrogens is 226 g/mol. The summed E-state index contributed by atoms with van der Waals surface area (Å²) in [6.07, 6.45) is 5.47. The zero-order valence-electron chi connectivity index (χ0n) is 11.1. The lowest BCUT2D eigenvalue weighted by molar-refractivity contribution is 0.382. The Balaban J connectivity index is 1.97. The Morgan fingerprint density at radius 3 is 2.94 bits per heavy atom. The van der Waals surface area contributed by atoms with Crippen LogP contribution in [0, 0.1) is 0 Å². The fourth-order valence-corrected chi connectivity index (χ4v) is 1.93. The van der Waals surface area contributed by atoms with Crippen LogP contribution in [0.25, 0.3) is 0 Å². The fraction of sp³-hybridized carbons (Fsp3) is 0.538. The van der Waals surface area contributed by atoms with Gasteiger partial charge in [0.1, 0.15) is 0 Å². The van der Waals surface area contributed by atoms with Crippen LogP contribution in [0.3, 0.4) is 0 Å². The molecule has 3 N–H and O–H groups in total. The van der Waals surface area contributed by atoms with Gasteiger partial charge in [-0.15, -0.1) is 0 Å². The first-order valence-corrected chi connectivity index (χ1v) is 6.34. The molecule has 2 rings (SSSR count). The third-order valence-corrected chi connectivity index (χ3v) is 3.20. The number of aromatic nitrogens is 1. The van der Waals surface area contributed by atoms with Gasteiger partial charge in [-0.3, -0.25) is 4.98 Å². The highest BCUT2D eigenvalue weighted by molar-refractivity contribution is 5.78. The molecule has 0 spiro atoms. The van der Waals surface area contributed by atoms with E-state index in [-0.39, 0.29) is 0 Å². The molecule has 0 saturated heterocycles. The van der Waals surface area contributed by atoms with Crippen molar-refractivity contribution in [3.63, 3.8) is 0 Å². The molecule has 0 amide bonds. The van der Waals surface area contributed by atoms with Gasteiger partial charge in [0.25, 0.3) is 0 Å². The van der Waals surface area contributed by atoms with Crippen LogP contribution in [0.1, 0.15) is 25.0 Å². The van der Waals surface area contributed by atoms with Gasteiger partial charge >= 0.3 is 0 Å². The summed E-state index contributed by atoms with van der Waals surface area (Å²) >= 11 is 0. The van der Waals surface area contributed by atoms with Crippen LogP contribution in [0.5, 0.6) is 0 Å². The first-order valence-electron chi connectivity index (χ1n) is 6.34. The van der Waals surface area contributed by atoms with Crippen molar-refractivity contribution >= 4 is 11.6 Å². The first kappa shape index (κ1) is 12.7. The Kier molecular flexibility index (Phi) is 4.02. The molecule has 1 aromatic rings. The van der Waals surface area contributed by atoms with E-state index in [0.29, 0.717) is 18.5 Å². The lowest BCUT2D eigenvalue weighted by atomic mass is 9.93. The first-order chi connectivity index (χ1) is 8.66. The standard InChI is InChI=1S/C13H21N5/c1-18(2)12-7-4-8-15-11(12)9-16-13(14)17-10-5-3-6-10/h4,7-8,10H,3,5-6,9H2,1-2H3,(H3,14,16,17). The number of pyridine rings is 1. The average Bonchev–Trinajstić information content (AvgIpc) is 2.31. The third kappa shape index (κ3) is 3.12. The summed E-state index contributed by atoms with van der Waals surface area (Å²) in [7, 11) is 4.00. The van der Waals surface area contributed by atoms with Crippen LogP contribution < -0.4 is 16.0 Å². The minimum atomic E-state index is 0.514. The molecule has 0 unspecified atom stereocenters. The normalized spacial score (nSPS) is 16.2. The molecule has 18 heavy (non-hydrogen) atoms. The van der Waals surface area contributed by atoms with Crippen molar-refractivity contribution in [1.29, 1.82) is 0 Å². The summed E-state index contributed by atoms with van der Waals surface area (Å²) in [5.74, 6) is 0.523. The van der Waals surface area contributed by atoms with E-state index < -0.39 is 0 Å². The van der Waals surface area contributed by atoms with Crippen molar-refractivity contribution < 1.29 is 0 Å². The van der Waals surface area contributed by atoms with E-state index >= 15 is 0 Å². The maximum absolute atomic E-state index is 5.86. The second kappa shape index (κ2) is 5.71. The van der Waals surface area contributed by atoms with Gasteiger partial charge in [-0.2, -0.15) is 0 Å². The predicted octanol–water partition coefficient (Wildman–Crippen LogP) is 1.10. The summed E-state index contributed by atoms with van der Waals surface area (Å²) in [6, 6.07) is 4.48. The Morgan fingerprint density at radius 2 is 2.33 bits per heavy atom. The molecule has 0 bridgehead atoms. The highest BCUT2D eigenvalue weighted by Gasteiger charge is 2.17. The van der Waals surface area contributed by atoms with Crippen molar-refractivity contribution in [3.8, 4) is 0 Å². The highest BCUT2D eigenvalue weighted by Crippen LogP contribution is 2.18. The van der Waals surface area contributed by atoms with E-state index in [1.54, 1.807) is 6.20 Å². The van der Waals surface area contributed by atoms with Gasteiger partial charge in [0.15, 0.2) is 5.96 Å². The van der Waals surface area contributed by atoms with E-state index in [4.69, 9.17) is 5.73 Å². The molecule has 1 fully saturated rings. The maximum atomic E-state index is 5.86. The number of anilines is 1. The predicted molar refractivity (Wildman–Crippen MR) is 74.7 cm³/mol. The number of rotatable bonds is 4. The minimum absolute atomic E-state index is 0.514. The fourth-order valence-electron chi connectivity index (χ4n) is 1.93. The zero-order chi connectivity index (χ0) is 13.0. The molecule has 1 aliphatic carbocycles. The number of guanidine groups is 1. The van der Waals surface area contributed by atoms with Crippen LogP contribution in [-0.2, 0) is 6.54 Å². The Hall–Kier alpha value is -1.78. The van der Waals surface area contributed by atoms with Gasteiger partial charge in [0.2, 0.25) is 0 Å². The van der Waals surface area contributed by atoms with Gasteiger partial charge in [0, 0.05) is 26.3 Å². The SMILES string of the molecule is CN(C)c1cccnc1CN=C(N)NC1CCC1. The molecule has 0 atom stereocenters. The van der Waals surface area contributed by atoms with Crippen LogP contribution in [0.4, 0.5) is 5.69 Å². The summed E-state index contributed by atoms with van der Waals surface area (Å²) < 4.78 is 0. The van der Waals surface area contributed by atoms with Crippen molar-refractivity contribution in [2.45, 2.75) is 31.8 Å². The lowest BCUT2D eigenvalue weighted by Gasteiger charge is -2.26. The van der Waals surface area contributed by atoms with Gasteiger partial charge < -0.3 is 16.0 Å². The van der Waals surface area contributed by atoms with E-state index in [1.165, 1.54) is 19.3 Å². The molecule has 5 heteroatoms. The molecule has 1 aromatic heterocycles. The van der Waals surface area contributed by atoms with Crippen LogP contribution in [0.15, 0.2) is 23.3 Å². The smallest absolute Gasteiger partial charge is 0.189 e. The van der Waals surface area contributed by atoms with Gasteiger partial charge in [-0.1, -0.05) is 0 Å². The molecular formula is C13H21N5. The maximum Gasteiger partial charge on any atom is 0.189 e. The lowest BCUT2D eigenvalue weighted by Crippen LogP contribution is -2.43. The van der Waals surface area contributed by atoms with Crippen LogP contribution in [-0.4, -0.2) is 31.1 Å². The topological polar surface area (TPSA) is 66.5 Å². The molecule has 1 aliphatic rings. The summed E-state index contributed by atoms with van der Waals surface area (Å²) in [6.45, 7) is 0.514. The molecule has 98 valence electrons. The Bertz CT molecular complexity index is 423. The number of hydrogen-bond donors (Lipinski definition) is 2. The number of nitrogens with one attached hydrogen (secondary N) is 1. The van der Waals surface area contributed by atoms with E-state index in [9.17, 15) is 0 Å². The quantitative estimate of drug-likeness (QED) is 0.618. The van der Waals surface area contributed by atoms with Gasteiger partial charge in [-0.05, 0) is 31.4 Å². The highest BCUT2D eigenvalue weighted by atomic mass is 15.1. The Labute approximate surface area is 108 Å². The second-order valence-electron chi connectivity index (χ2n) is 4.84. The summed E-state index contributed by atoms with van der Waals surface area (Å²) in [5.41, 5.74) is 7.88. The second-order valence-corrected chi connectivity index (χ2v) is 4.84. The number of hydrogen-bond acceptors (Lipinski definition) is 3. The summed E-state index contributed by atoms with van der Waals surface area (Å²) in [4.78, 5) is 10.7. The summed E-state index contributed by atoms with van der Waals surface area (Å²) in [5, 5.41) is 3.22. The third-order valence-electron chi connectivity index (χ3n) is 3.20. The number of nitrogens with zero attached hydrogens (tertiary/aromatic N) is 3. The average molecular weight is 247 g/mol. The van der Waals surface area contributed by atoms with E-state index in [2.05, 4.69) is 15.3 Å². The molecule has 5 nitrogen and oxygen atoms in total. The molecule has 1 heterocycles. The molecule has 0 radical (unpaired) electrons. The van der Waals surface area contributed by atoms with Crippen molar-refractivity contribution in [3.05, 3.63) is 24.0 Å². The number of nitrogens with two attached hydrogens (primary N) is 1.